The third-order valence-corrected chi connectivity index (χ3v) is 6.01. The van der Waals surface area contributed by atoms with Crippen LogP contribution in [0.15, 0.2) is 59.5 Å². The Morgan fingerprint density at radius 1 is 0.969 bits per heavy atom. The summed E-state index contributed by atoms with van der Waals surface area (Å²) in [5.41, 5.74) is 2.15. The van der Waals surface area contributed by atoms with Gasteiger partial charge in [-0.15, -0.1) is 11.6 Å². The van der Waals surface area contributed by atoms with Crippen LogP contribution in [0.25, 0.3) is 10.8 Å². The fourth-order valence-electron chi connectivity index (χ4n) is 3.81. The molecule has 0 bridgehead atoms. The predicted molar refractivity (Wildman–Crippen MR) is 129 cm³/mol. The van der Waals surface area contributed by atoms with Gasteiger partial charge >= 0.3 is 0 Å². The fraction of sp³-hybridized carbons (Fsp3) is 0.320. The topological polar surface area (TPSA) is 80.2 Å². The van der Waals surface area contributed by atoms with Gasteiger partial charge in [0.25, 0.3) is 5.56 Å². The zero-order valence-corrected chi connectivity index (χ0v) is 19.4. The monoisotopic (exact) mass is 453 g/mol. The highest BCUT2D eigenvalue weighted by Crippen LogP contribution is 2.25. The number of rotatable bonds is 7. The van der Waals surface area contributed by atoms with E-state index >= 15 is 0 Å². The minimum absolute atomic E-state index is 0.0703. The summed E-state index contributed by atoms with van der Waals surface area (Å²) in [6.07, 6.45) is 1.62. The van der Waals surface area contributed by atoms with Gasteiger partial charge in [-0.1, -0.05) is 44.2 Å². The number of aromatic nitrogens is 1. The molecular formula is C25H28ClN3O3. The number of hydrogen-bond acceptors (Lipinski definition) is 3. The second kappa shape index (κ2) is 10.0. The molecule has 2 atom stereocenters. The number of amides is 2. The third kappa shape index (κ3) is 4.70. The van der Waals surface area contributed by atoms with Crippen LogP contribution in [0, 0.1) is 5.92 Å². The van der Waals surface area contributed by atoms with Crippen LogP contribution in [0.2, 0.25) is 0 Å². The first-order chi connectivity index (χ1) is 15.3. The van der Waals surface area contributed by atoms with Crippen LogP contribution >= 0.6 is 11.6 Å². The molecule has 32 heavy (non-hydrogen) atoms. The zero-order valence-electron chi connectivity index (χ0n) is 18.7. The Morgan fingerprint density at radius 2 is 1.66 bits per heavy atom. The van der Waals surface area contributed by atoms with Crippen molar-refractivity contribution < 1.29 is 9.59 Å². The Morgan fingerprint density at radius 3 is 2.25 bits per heavy atom. The number of pyridine rings is 1. The Hall–Kier alpha value is -3.12. The van der Waals surface area contributed by atoms with Crippen LogP contribution in [-0.2, 0) is 15.5 Å². The average molecular weight is 454 g/mol. The van der Waals surface area contributed by atoms with Crippen molar-refractivity contribution in [2.75, 3.05) is 12.4 Å². The molecule has 2 amide bonds. The first kappa shape index (κ1) is 23.5. The summed E-state index contributed by atoms with van der Waals surface area (Å²) in [5.74, 6) is -0.426. The number of carbonyl (C=O) groups excluding carboxylic acids is 2. The molecule has 0 aliphatic carbocycles. The second-order valence-electron chi connectivity index (χ2n) is 8.18. The largest absolute Gasteiger partial charge is 0.357 e. The smallest absolute Gasteiger partial charge is 0.259 e. The van der Waals surface area contributed by atoms with Crippen LogP contribution in [0.5, 0.6) is 0 Å². The molecule has 168 valence electrons. The number of anilines is 1. The van der Waals surface area contributed by atoms with Gasteiger partial charge in [-0.25, -0.2) is 0 Å². The van der Waals surface area contributed by atoms with Crippen molar-refractivity contribution in [1.29, 1.82) is 0 Å². The summed E-state index contributed by atoms with van der Waals surface area (Å²) in [6.45, 7) is 5.63. The van der Waals surface area contributed by atoms with Crippen molar-refractivity contribution >= 4 is 39.9 Å². The van der Waals surface area contributed by atoms with Gasteiger partial charge in [0.1, 0.15) is 6.04 Å². The molecule has 1 heterocycles. The maximum atomic E-state index is 13.2. The molecule has 0 aliphatic heterocycles. The molecule has 0 fully saturated rings. The lowest BCUT2D eigenvalue weighted by molar-refractivity contribution is -0.125. The molecule has 2 N–H and O–H groups in total. The normalized spacial score (nSPS) is 13.1. The molecule has 0 saturated carbocycles. The van der Waals surface area contributed by atoms with Gasteiger partial charge in [-0.2, -0.15) is 0 Å². The molecule has 3 aromatic rings. The minimum atomic E-state index is -0.619. The van der Waals surface area contributed by atoms with E-state index in [4.69, 9.17) is 11.6 Å². The highest BCUT2D eigenvalue weighted by Gasteiger charge is 2.25. The summed E-state index contributed by atoms with van der Waals surface area (Å²) in [5, 5.41) is 6.66. The van der Waals surface area contributed by atoms with Crippen LogP contribution in [0.4, 0.5) is 5.69 Å². The van der Waals surface area contributed by atoms with E-state index in [1.165, 1.54) is 4.57 Å². The minimum Gasteiger partial charge on any atom is -0.357 e. The SMILES string of the molecule is CNC(=O)[C@@H](C(C)C)n1ccc2c(NC(=O)[C@H](C)c3ccc(CCl)cc3)cccc2c1=O. The van der Waals surface area contributed by atoms with Gasteiger partial charge in [0.05, 0.1) is 5.92 Å². The summed E-state index contributed by atoms with van der Waals surface area (Å²) in [7, 11) is 1.56. The van der Waals surface area contributed by atoms with Gasteiger partial charge in [0.2, 0.25) is 11.8 Å². The quantitative estimate of drug-likeness (QED) is 0.519. The molecule has 0 radical (unpaired) electrons. The Kier molecular flexibility index (Phi) is 7.36. The summed E-state index contributed by atoms with van der Waals surface area (Å²) < 4.78 is 1.46. The van der Waals surface area contributed by atoms with E-state index in [2.05, 4.69) is 10.6 Å². The van der Waals surface area contributed by atoms with Gasteiger partial charge < -0.3 is 15.2 Å². The van der Waals surface area contributed by atoms with Gasteiger partial charge in [-0.05, 0) is 42.2 Å². The number of alkyl halides is 1. The maximum Gasteiger partial charge on any atom is 0.259 e. The average Bonchev–Trinajstić information content (AvgIpc) is 2.80. The molecular weight excluding hydrogens is 426 g/mol. The molecule has 7 heteroatoms. The van der Waals surface area contributed by atoms with Crippen molar-refractivity contribution in [1.82, 2.24) is 9.88 Å². The maximum absolute atomic E-state index is 13.2. The molecule has 0 unspecified atom stereocenters. The molecule has 0 spiro atoms. The number of benzene rings is 2. The first-order valence-electron chi connectivity index (χ1n) is 10.6. The first-order valence-corrected chi connectivity index (χ1v) is 11.1. The van der Waals surface area contributed by atoms with E-state index in [9.17, 15) is 14.4 Å². The van der Waals surface area contributed by atoms with Crippen LogP contribution in [0.1, 0.15) is 43.9 Å². The standard InChI is InChI=1S/C25H28ClN3O3/c1-15(2)22(24(31)27-4)29-13-12-19-20(25(29)32)6-5-7-21(19)28-23(30)16(3)18-10-8-17(14-26)9-11-18/h5-13,15-16,22H,14H2,1-4H3,(H,27,31)(H,28,30)/t16-,22-/m1/s1. The summed E-state index contributed by atoms with van der Waals surface area (Å²) >= 11 is 5.84. The van der Waals surface area contributed by atoms with Crippen molar-refractivity contribution in [3.05, 3.63) is 76.2 Å². The van der Waals surface area contributed by atoms with Crippen LogP contribution in [0.3, 0.4) is 0 Å². The third-order valence-electron chi connectivity index (χ3n) is 5.70. The Bertz CT molecular complexity index is 1190. The van der Waals surface area contributed by atoms with Crippen molar-refractivity contribution in [3.8, 4) is 0 Å². The molecule has 1 aromatic heterocycles. The van der Waals surface area contributed by atoms with Gasteiger partial charge in [0, 0.05) is 35.6 Å². The highest BCUT2D eigenvalue weighted by atomic mass is 35.5. The summed E-state index contributed by atoms with van der Waals surface area (Å²) in [6, 6.07) is 14.0. The summed E-state index contributed by atoms with van der Waals surface area (Å²) in [4.78, 5) is 38.5. The van der Waals surface area contributed by atoms with E-state index < -0.39 is 6.04 Å². The molecule has 3 rings (SSSR count). The Balaban J connectivity index is 1.94. The number of hydrogen-bond donors (Lipinski definition) is 2. The lowest BCUT2D eigenvalue weighted by Gasteiger charge is -2.22. The van der Waals surface area contributed by atoms with Gasteiger partial charge in [-0.3, -0.25) is 14.4 Å². The number of carbonyl (C=O) groups is 2. The number of fused-ring (bicyclic) bond motifs is 1. The zero-order chi connectivity index (χ0) is 23.4. The van der Waals surface area contributed by atoms with E-state index in [1.807, 2.05) is 45.0 Å². The number of nitrogens with one attached hydrogen (secondary N) is 2. The number of nitrogens with zero attached hydrogens (tertiary/aromatic N) is 1. The van der Waals surface area contributed by atoms with E-state index in [0.29, 0.717) is 22.3 Å². The van der Waals surface area contributed by atoms with Gasteiger partial charge in [0.15, 0.2) is 0 Å². The highest BCUT2D eigenvalue weighted by molar-refractivity contribution is 6.17. The number of likely N-dealkylation sites (N-methyl/N-ethyl adjacent to an activating group) is 1. The predicted octanol–water partition coefficient (Wildman–Crippen LogP) is 4.43. The van der Waals surface area contributed by atoms with Crippen LogP contribution < -0.4 is 16.2 Å². The molecule has 2 aromatic carbocycles. The molecule has 6 nitrogen and oxygen atoms in total. The number of halogens is 1. The van der Waals surface area contributed by atoms with E-state index in [0.717, 1.165) is 11.1 Å². The van der Waals surface area contributed by atoms with Crippen molar-refractivity contribution in [3.63, 3.8) is 0 Å². The Labute approximate surface area is 192 Å². The second-order valence-corrected chi connectivity index (χ2v) is 8.45. The van der Waals surface area contributed by atoms with Crippen molar-refractivity contribution in [2.24, 2.45) is 5.92 Å². The molecule has 0 saturated heterocycles. The lowest BCUT2D eigenvalue weighted by atomic mass is 9.99. The van der Waals surface area contributed by atoms with Crippen LogP contribution in [-0.4, -0.2) is 23.4 Å². The van der Waals surface area contributed by atoms with E-state index in [1.54, 1.807) is 37.5 Å². The lowest BCUT2D eigenvalue weighted by Crippen LogP contribution is -2.38. The molecule has 0 aliphatic rings. The fourth-order valence-corrected chi connectivity index (χ4v) is 3.99. The van der Waals surface area contributed by atoms with Crippen molar-refractivity contribution in [2.45, 2.75) is 38.6 Å². The van der Waals surface area contributed by atoms with E-state index in [-0.39, 0.29) is 29.2 Å².